The molecular formula is C46H27N5O2. The van der Waals surface area contributed by atoms with Gasteiger partial charge in [0.2, 0.25) is 0 Å². The van der Waals surface area contributed by atoms with E-state index in [2.05, 4.69) is 71.3 Å². The van der Waals surface area contributed by atoms with Gasteiger partial charge in [0.15, 0.2) is 17.5 Å². The smallest absolute Gasteiger partial charge is 0.164 e. The molecule has 11 aromatic rings. The van der Waals surface area contributed by atoms with Crippen molar-refractivity contribution in [3.8, 4) is 51.2 Å². The maximum atomic E-state index is 6.59. The number of hydrogen-bond donors (Lipinski definition) is 0. The number of rotatable bonds is 5. The highest BCUT2D eigenvalue weighted by molar-refractivity contribution is 6.17. The summed E-state index contributed by atoms with van der Waals surface area (Å²) in [5, 5.41) is 3.91. The molecule has 7 nitrogen and oxygen atoms in total. The van der Waals surface area contributed by atoms with Crippen LogP contribution in [-0.4, -0.2) is 24.5 Å². The van der Waals surface area contributed by atoms with Crippen LogP contribution >= 0.6 is 0 Å². The average Bonchev–Trinajstić information content (AvgIpc) is 3.92. The number of nitrogens with zero attached hydrogens (tertiary/aromatic N) is 5. The van der Waals surface area contributed by atoms with Gasteiger partial charge in [-0.25, -0.2) is 19.9 Å². The maximum Gasteiger partial charge on any atom is 0.164 e. The van der Waals surface area contributed by atoms with Gasteiger partial charge in [0.1, 0.15) is 28.2 Å². The second-order valence-corrected chi connectivity index (χ2v) is 13.0. The topological polar surface area (TPSA) is 82.8 Å². The van der Waals surface area contributed by atoms with Crippen molar-refractivity contribution in [3.05, 3.63) is 164 Å². The summed E-state index contributed by atoms with van der Waals surface area (Å²) in [7, 11) is 0. The van der Waals surface area contributed by atoms with Crippen LogP contribution in [0.5, 0.6) is 0 Å². The quantitative estimate of drug-likeness (QED) is 0.180. The lowest BCUT2D eigenvalue weighted by Crippen LogP contribution is -2.00. The third-order valence-electron chi connectivity index (χ3n) is 9.88. The summed E-state index contributed by atoms with van der Waals surface area (Å²) in [6.07, 6.45) is 0. The molecule has 0 spiro atoms. The first-order valence-electron chi connectivity index (χ1n) is 17.5. The minimum Gasteiger partial charge on any atom is -0.456 e. The van der Waals surface area contributed by atoms with Crippen LogP contribution in [0.3, 0.4) is 0 Å². The van der Waals surface area contributed by atoms with E-state index >= 15 is 0 Å². The molecule has 0 amide bonds. The summed E-state index contributed by atoms with van der Waals surface area (Å²) in [6.45, 7) is 0. The van der Waals surface area contributed by atoms with Crippen molar-refractivity contribution >= 4 is 54.9 Å². The van der Waals surface area contributed by atoms with Crippen LogP contribution in [0.25, 0.3) is 106 Å². The van der Waals surface area contributed by atoms with Crippen molar-refractivity contribution in [3.63, 3.8) is 0 Å². The Morgan fingerprint density at radius 3 is 1.83 bits per heavy atom. The number of furan rings is 2. The standard InChI is InChI=1S/C46H27N5O2/c1-3-13-28(14-4-1)43-48-44(29-25-26-38-34(27-29)31-17-7-10-22-37(31)52-38)50-45(49-43)32-18-11-23-39-41(32)42-33(19-12-24-40(42)53-39)46-47-35-20-8-9-21-36(35)51(46)30-15-5-2-6-16-30/h1-27H. The fourth-order valence-corrected chi connectivity index (χ4v) is 7.49. The highest BCUT2D eigenvalue weighted by Gasteiger charge is 2.23. The average molecular weight is 682 g/mol. The van der Waals surface area contributed by atoms with E-state index in [1.807, 2.05) is 97.1 Å². The Kier molecular flexibility index (Phi) is 6.42. The van der Waals surface area contributed by atoms with Gasteiger partial charge >= 0.3 is 0 Å². The molecule has 53 heavy (non-hydrogen) atoms. The van der Waals surface area contributed by atoms with Gasteiger partial charge in [-0.05, 0) is 60.7 Å². The van der Waals surface area contributed by atoms with Crippen LogP contribution < -0.4 is 0 Å². The van der Waals surface area contributed by atoms with Gasteiger partial charge in [-0.2, -0.15) is 0 Å². The Labute approximate surface area is 302 Å². The minimum absolute atomic E-state index is 0.547. The maximum absolute atomic E-state index is 6.59. The Balaban J connectivity index is 1.18. The third kappa shape index (κ3) is 4.68. The van der Waals surface area contributed by atoms with E-state index in [-0.39, 0.29) is 0 Å². The molecule has 4 heterocycles. The largest absolute Gasteiger partial charge is 0.456 e. The van der Waals surface area contributed by atoms with E-state index in [9.17, 15) is 0 Å². The molecule has 0 aliphatic rings. The number of aromatic nitrogens is 5. The second-order valence-electron chi connectivity index (χ2n) is 13.0. The van der Waals surface area contributed by atoms with E-state index < -0.39 is 0 Å². The molecule has 0 aliphatic carbocycles. The lowest BCUT2D eigenvalue weighted by molar-refractivity contribution is 0.668. The predicted molar refractivity (Wildman–Crippen MR) is 211 cm³/mol. The van der Waals surface area contributed by atoms with Crippen LogP contribution in [0, 0.1) is 0 Å². The molecule has 0 bridgehead atoms. The van der Waals surface area contributed by atoms with Crippen molar-refractivity contribution in [2.45, 2.75) is 0 Å². The highest BCUT2D eigenvalue weighted by Crippen LogP contribution is 2.42. The highest BCUT2D eigenvalue weighted by atomic mass is 16.3. The Hall–Kier alpha value is -7.38. The third-order valence-corrected chi connectivity index (χ3v) is 9.88. The van der Waals surface area contributed by atoms with Crippen LogP contribution in [0.1, 0.15) is 0 Å². The van der Waals surface area contributed by atoms with Crippen LogP contribution in [-0.2, 0) is 0 Å². The molecule has 4 aromatic heterocycles. The van der Waals surface area contributed by atoms with Gasteiger partial charge in [0.05, 0.1) is 11.0 Å². The van der Waals surface area contributed by atoms with Gasteiger partial charge in [0, 0.05) is 49.5 Å². The van der Waals surface area contributed by atoms with Crippen molar-refractivity contribution in [1.82, 2.24) is 24.5 Å². The summed E-state index contributed by atoms with van der Waals surface area (Å²) in [5.41, 5.74) is 9.67. The van der Waals surface area contributed by atoms with Crippen molar-refractivity contribution in [1.29, 1.82) is 0 Å². The number of para-hydroxylation sites is 4. The zero-order chi connectivity index (χ0) is 34.9. The molecule has 0 saturated carbocycles. The van der Waals surface area contributed by atoms with Gasteiger partial charge in [0.25, 0.3) is 0 Å². The lowest BCUT2D eigenvalue weighted by atomic mass is 10.0. The molecule has 0 fully saturated rings. The molecule has 0 N–H and O–H groups in total. The predicted octanol–water partition coefficient (Wildman–Crippen LogP) is 11.7. The van der Waals surface area contributed by atoms with Gasteiger partial charge in [-0.15, -0.1) is 0 Å². The molecule has 0 aliphatic heterocycles. The summed E-state index contributed by atoms with van der Waals surface area (Å²) >= 11 is 0. The van der Waals surface area contributed by atoms with Crippen molar-refractivity contribution in [2.75, 3.05) is 0 Å². The fourth-order valence-electron chi connectivity index (χ4n) is 7.49. The normalized spacial score (nSPS) is 11.8. The SMILES string of the molecule is c1ccc(-c2nc(-c3ccc4oc5ccccc5c4c3)nc(-c3cccc4oc5cccc(-c6nc7ccccc7n6-c6ccccc6)c5c34)n2)cc1. The number of hydrogen-bond acceptors (Lipinski definition) is 6. The van der Waals surface area contributed by atoms with Crippen LogP contribution in [0.15, 0.2) is 173 Å². The molecular weight excluding hydrogens is 655 g/mol. The summed E-state index contributed by atoms with van der Waals surface area (Å²) in [6, 6.07) is 55.0. The first kappa shape index (κ1) is 29.4. The van der Waals surface area contributed by atoms with Gasteiger partial charge < -0.3 is 8.83 Å². The lowest BCUT2D eigenvalue weighted by Gasteiger charge is -2.11. The van der Waals surface area contributed by atoms with Crippen molar-refractivity contribution in [2.24, 2.45) is 0 Å². The molecule has 0 radical (unpaired) electrons. The van der Waals surface area contributed by atoms with Crippen molar-refractivity contribution < 1.29 is 8.83 Å². The minimum atomic E-state index is 0.547. The van der Waals surface area contributed by atoms with E-state index in [0.717, 1.165) is 88.7 Å². The Morgan fingerprint density at radius 2 is 1.00 bits per heavy atom. The fraction of sp³-hybridized carbons (Fsp3) is 0. The number of fused-ring (bicyclic) bond motifs is 7. The van der Waals surface area contributed by atoms with Crippen LogP contribution in [0.4, 0.5) is 0 Å². The number of benzene rings is 7. The molecule has 0 atom stereocenters. The molecule has 0 unspecified atom stereocenters. The van der Waals surface area contributed by atoms with E-state index in [1.54, 1.807) is 0 Å². The second kappa shape index (κ2) is 11.6. The monoisotopic (exact) mass is 681 g/mol. The van der Waals surface area contributed by atoms with Gasteiger partial charge in [-0.3, -0.25) is 4.57 Å². The molecule has 11 rings (SSSR count). The van der Waals surface area contributed by atoms with E-state index in [0.29, 0.717) is 17.5 Å². The zero-order valence-electron chi connectivity index (χ0n) is 28.1. The summed E-state index contributed by atoms with van der Waals surface area (Å²) < 4.78 is 14.9. The van der Waals surface area contributed by atoms with E-state index in [1.165, 1.54) is 0 Å². The molecule has 7 aromatic carbocycles. The summed E-state index contributed by atoms with van der Waals surface area (Å²) in [4.78, 5) is 20.6. The van der Waals surface area contributed by atoms with Crippen LogP contribution in [0.2, 0.25) is 0 Å². The number of imidazole rings is 1. The molecule has 248 valence electrons. The summed E-state index contributed by atoms with van der Waals surface area (Å²) in [5.74, 6) is 2.52. The molecule has 0 saturated heterocycles. The molecule has 7 heteroatoms. The Morgan fingerprint density at radius 1 is 0.396 bits per heavy atom. The first-order valence-corrected chi connectivity index (χ1v) is 17.5. The first-order chi connectivity index (χ1) is 26.3. The zero-order valence-corrected chi connectivity index (χ0v) is 28.1. The Bertz CT molecular complexity index is 3180. The van der Waals surface area contributed by atoms with Gasteiger partial charge in [-0.1, -0.05) is 103 Å². The van der Waals surface area contributed by atoms with E-state index in [4.69, 9.17) is 28.8 Å².